The van der Waals surface area contributed by atoms with Crippen LogP contribution in [0.1, 0.15) is 47.9 Å². The lowest BCUT2D eigenvalue weighted by Crippen LogP contribution is -2.36. The van der Waals surface area contributed by atoms with Gasteiger partial charge in [0.1, 0.15) is 0 Å². The van der Waals surface area contributed by atoms with Crippen LogP contribution < -0.4 is 0 Å². The number of rotatable bonds is 6. The van der Waals surface area contributed by atoms with Crippen molar-refractivity contribution in [2.45, 2.75) is 46.0 Å². The predicted octanol–water partition coefficient (Wildman–Crippen LogP) is 3.70. The number of carbonyl (C=O) groups excluding carboxylic acids is 1. The number of fused-ring (bicyclic) bond motifs is 1. The van der Waals surface area contributed by atoms with Crippen molar-refractivity contribution in [1.82, 2.24) is 4.90 Å². The van der Waals surface area contributed by atoms with Crippen LogP contribution in [0.5, 0.6) is 0 Å². The molecule has 0 unspecified atom stereocenters. The summed E-state index contributed by atoms with van der Waals surface area (Å²) in [6, 6.07) is 4.34. The van der Waals surface area contributed by atoms with Crippen molar-refractivity contribution < 1.29 is 9.53 Å². The Hall–Kier alpha value is -1.45. The second-order valence-corrected chi connectivity index (χ2v) is 7.11. The summed E-state index contributed by atoms with van der Waals surface area (Å²) in [4.78, 5) is 14.9. The first-order valence-electron chi connectivity index (χ1n) is 9.28. The molecule has 0 saturated carbocycles. The molecule has 0 radical (unpaired) electrons. The van der Waals surface area contributed by atoms with E-state index in [1.54, 1.807) is 0 Å². The van der Waals surface area contributed by atoms with E-state index in [0.29, 0.717) is 12.2 Å². The van der Waals surface area contributed by atoms with Gasteiger partial charge in [-0.15, -0.1) is 0 Å². The van der Waals surface area contributed by atoms with E-state index in [1.165, 1.54) is 35.1 Å². The molecule has 2 aliphatic rings. The number of morpholine rings is 1. The molecular formula is C21H29NO2. The maximum absolute atomic E-state index is 12.4. The quantitative estimate of drug-likeness (QED) is 0.746. The second-order valence-electron chi connectivity index (χ2n) is 7.11. The van der Waals surface area contributed by atoms with Gasteiger partial charge in [-0.25, -0.2) is 0 Å². The lowest BCUT2D eigenvalue weighted by molar-refractivity contribution is -0.115. The first-order valence-corrected chi connectivity index (χ1v) is 9.28. The third kappa shape index (κ3) is 4.14. The molecule has 1 heterocycles. The van der Waals surface area contributed by atoms with E-state index >= 15 is 0 Å². The molecule has 1 aliphatic carbocycles. The average Bonchev–Trinajstić information content (AvgIpc) is 2.60. The standard InChI is InChI=1S/C21H29NO2/c1-16-7-8-18-14-19(21(23)15-20(18)17(16)2)6-4-3-5-9-22-10-12-24-13-11-22/h7-8,14H,3-6,9-13,15H2,1-2H3. The number of aryl methyl sites for hydroxylation is 1. The third-order valence-corrected chi connectivity index (χ3v) is 5.45. The van der Waals surface area contributed by atoms with Crippen LogP contribution in [0.4, 0.5) is 0 Å². The van der Waals surface area contributed by atoms with Gasteiger partial charge in [0.05, 0.1) is 13.2 Å². The average molecular weight is 327 g/mol. The summed E-state index contributed by atoms with van der Waals surface area (Å²) in [5, 5.41) is 0. The SMILES string of the molecule is Cc1ccc2c(c1C)CC(=O)C(CCCCCN1CCOCC1)=C2. The van der Waals surface area contributed by atoms with Crippen molar-refractivity contribution in [2.24, 2.45) is 0 Å². The molecule has 0 atom stereocenters. The minimum Gasteiger partial charge on any atom is -0.379 e. The van der Waals surface area contributed by atoms with Gasteiger partial charge in [-0.05, 0) is 73.6 Å². The minimum atomic E-state index is 0.323. The van der Waals surface area contributed by atoms with Gasteiger partial charge in [0, 0.05) is 19.5 Å². The Labute approximate surface area is 145 Å². The number of allylic oxidation sites excluding steroid dienone is 1. The fourth-order valence-electron chi connectivity index (χ4n) is 3.67. The van der Waals surface area contributed by atoms with E-state index in [0.717, 1.165) is 51.3 Å². The topological polar surface area (TPSA) is 29.5 Å². The van der Waals surface area contributed by atoms with Crippen LogP contribution in [0.15, 0.2) is 17.7 Å². The summed E-state index contributed by atoms with van der Waals surface area (Å²) in [5.74, 6) is 0.323. The minimum absolute atomic E-state index is 0.323. The zero-order valence-electron chi connectivity index (χ0n) is 15.1. The van der Waals surface area contributed by atoms with Crippen LogP contribution in [-0.2, 0) is 16.0 Å². The number of unbranched alkanes of at least 4 members (excludes halogenated alkanes) is 2. The number of hydrogen-bond donors (Lipinski definition) is 0. The van der Waals surface area contributed by atoms with Crippen molar-refractivity contribution in [1.29, 1.82) is 0 Å². The highest BCUT2D eigenvalue weighted by molar-refractivity contribution is 6.03. The van der Waals surface area contributed by atoms with E-state index in [4.69, 9.17) is 4.74 Å². The molecule has 3 rings (SSSR count). The number of carbonyl (C=O) groups is 1. The van der Waals surface area contributed by atoms with Gasteiger partial charge < -0.3 is 4.74 Å². The van der Waals surface area contributed by atoms with Gasteiger partial charge in [-0.1, -0.05) is 18.6 Å². The number of ether oxygens (including phenoxy) is 1. The second kappa shape index (κ2) is 8.09. The fraction of sp³-hybridized carbons (Fsp3) is 0.571. The van der Waals surface area contributed by atoms with Gasteiger partial charge in [-0.3, -0.25) is 9.69 Å². The molecule has 1 fully saturated rings. The molecule has 0 N–H and O–H groups in total. The van der Waals surface area contributed by atoms with Crippen molar-refractivity contribution in [2.75, 3.05) is 32.8 Å². The molecule has 1 aliphatic heterocycles. The zero-order chi connectivity index (χ0) is 16.9. The highest BCUT2D eigenvalue weighted by atomic mass is 16.5. The van der Waals surface area contributed by atoms with E-state index in [2.05, 4.69) is 37.0 Å². The zero-order valence-corrected chi connectivity index (χ0v) is 15.1. The van der Waals surface area contributed by atoms with E-state index in [9.17, 15) is 4.79 Å². The Balaban J connectivity index is 1.49. The Kier molecular flexibility index (Phi) is 5.85. The van der Waals surface area contributed by atoms with Gasteiger partial charge in [-0.2, -0.15) is 0 Å². The maximum Gasteiger partial charge on any atom is 0.163 e. The molecule has 1 aromatic carbocycles. The molecule has 3 nitrogen and oxygen atoms in total. The predicted molar refractivity (Wildman–Crippen MR) is 98.3 cm³/mol. The molecule has 0 spiro atoms. The lowest BCUT2D eigenvalue weighted by Gasteiger charge is -2.26. The summed E-state index contributed by atoms with van der Waals surface area (Å²) in [6.07, 6.45) is 7.17. The molecule has 0 amide bonds. The molecular weight excluding hydrogens is 298 g/mol. The van der Waals surface area contributed by atoms with E-state index in [-0.39, 0.29) is 0 Å². The first-order chi connectivity index (χ1) is 11.6. The van der Waals surface area contributed by atoms with Crippen molar-refractivity contribution in [3.05, 3.63) is 40.0 Å². The number of nitrogens with zero attached hydrogens (tertiary/aromatic N) is 1. The van der Waals surface area contributed by atoms with Gasteiger partial charge in [0.15, 0.2) is 5.78 Å². The summed E-state index contributed by atoms with van der Waals surface area (Å²) in [5.41, 5.74) is 6.07. The highest BCUT2D eigenvalue weighted by Gasteiger charge is 2.20. The Morgan fingerprint density at radius 1 is 1.08 bits per heavy atom. The van der Waals surface area contributed by atoms with Crippen LogP contribution in [-0.4, -0.2) is 43.5 Å². The summed E-state index contributed by atoms with van der Waals surface area (Å²) in [7, 11) is 0. The van der Waals surface area contributed by atoms with Gasteiger partial charge >= 0.3 is 0 Å². The Morgan fingerprint density at radius 3 is 2.67 bits per heavy atom. The monoisotopic (exact) mass is 327 g/mol. The summed E-state index contributed by atoms with van der Waals surface area (Å²) < 4.78 is 5.38. The molecule has 130 valence electrons. The lowest BCUT2D eigenvalue weighted by atomic mass is 9.85. The maximum atomic E-state index is 12.4. The third-order valence-electron chi connectivity index (χ3n) is 5.45. The summed E-state index contributed by atoms with van der Waals surface area (Å²) in [6.45, 7) is 9.30. The highest BCUT2D eigenvalue weighted by Crippen LogP contribution is 2.28. The largest absolute Gasteiger partial charge is 0.379 e. The van der Waals surface area contributed by atoms with Crippen molar-refractivity contribution in [3.8, 4) is 0 Å². The molecule has 0 bridgehead atoms. The first kappa shape index (κ1) is 17.4. The number of benzene rings is 1. The van der Waals surface area contributed by atoms with Crippen LogP contribution in [0.3, 0.4) is 0 Å². The number of Topliss-reactive ketones (excluding diaryl/α,β-unsaturated/α-hetero) is 1. The normalized spacial score (nSPS) is 18.4. The van der Waals surface area contributed by atoms with Gasteiger partial charge in [0.2, 0.25) is 0 Å². The molecule has 1 aromatic rings. The van der Waals surface area contributed by atoms with E-state index in [1.807, 2.05) is 0 Å². The number of ketones is 1. The van der Waals surface area contributed by atoms with Crippen LogP contribution in [0, 0.1) is 13.8 Å². The van der Waals surface area contributed by atoms with Gasteiger partial charge in [0.25, 0.3) is 0 Å². The summed E-state index contributed by atoms with van der Waals surface area (Å²) >= 11 is 0. The van der Waals surface area contributed by atoms with E-state index < -0.39 is 0 Å². The molecule has 0 aromatic heterocycles. The van der Waals surface area contributed by atoms with Crippen molar-refractivity contribution >= 4 is 11.9 Å². The van der Waals surface area contributed by atoms with Crippen LogP contribution in [0.25, 0.3) is 6.08 Å². The number of hydrogen-bond acceptors (Lipinski definition) is 3. The Bertz CT molecular complexity index is 627. The molecule has 24 heavy (non-hydrogen) atoms. The fourth-order valence-corrected chi connectivity index (χ4v) is 3.67. The van der Waals surface area contributed by atoms with Crippen molar-refractivity contribution in [3.63, 3.8) is 0 Å². The smallest absolute Gasteiger partial charge is 0.163 e. The van der Waals surface area contributed by atoms with Crippen LogP contribution >= 0.6 is 0 Å². The molecule has 1 saturated heterocycles. The molecule has 3 heteroatoms. The Morgan fingerprint density at radius 2 is 1.88 bits per heavy atom. The van der Waals surface area contributed by atoms with Crippen LogP contribution in [0.2, 0.25) is 0 Å².